The number of hydrazone groups is 1. The highest BCUT2D eigenvalue weighted by atomic mass is 16.6. The summed E-state index contributed by atoms with van der Waals surface area (Å²) in [4.78, 5) is 25.4. The summed E-state index contributed by atoms with van der Waals surface area (Å²) in [6.07, 6.45) is 0.890. The highest BCUT2D eigenvalue weighted by Gasteiger charge is 2.24. The lowest BCUT2D eigenvalue weighted by molar-refractivity contribution is -0.124. The number of benzene rings is 3. The largest absolute Gasteiger partial charge is 0.444 e. The monoisotopic (exact) mass is 566 g/mol. The minimum absolute atomic E-state index is 0.0526. The van der Waals surface area contributed by atoms with E-state index in [2.05, 4.69) is 56.8 Å². The fraction of sp³-hybridized carbons (Fsp3) is 0.265. The molecule has 1 heterocycles. The topological polar surface area (TPSA) is 93.9 Å². The van der Waals surface area contributed by atoms with Crippen molar-refractivity contribution in [2.45, 2.75) is 52.9 Å². The van der Waals surface area contributed by atoms with E-state index in [1.807, 2.05) is 68.4 Å². The van der Waals surface area contributed by atoms with Gasteiger partial charge < -0.3 is 19.4 Å². The van der Waals surface area contributed by atoms with Crippen molar-refractivity contribution in [1.29, 1.82) is 0 Å². The van der Waals surface area contributed by atoms with Gasteiger partial charge in [-0.25, -0.2) is 10.2 Å². The summed E-state index contributed by atoms with van der Waals surface area (Å²) in [6, 6.07) is 29.2. The Kier molecular flexibility index (Phi) is 9.93. The first-order valence-corrected chi connectivity index (χ1v) is 13.9. The Morgan fingerprint density at radius 2 is 1.52 bits per heavy atom. The Bertz CT molecular complexity index is 1510. The van der Waals surface area contributed by atoms with Crippen LogP contribution in [0, 0.1) is 13.8 Å². The second-order valence-electron chi connectivity index (χ2n) is 11.0. The van der Waals surface area contributed by atoms with Crippen molar-refractivity contribution in [3.8, 4) is 16.8 Å². The Balaban J connectivity index is 1.42. The number of carbonyl (C=O) groups excluding carboxylic acids is 2. The summed E-state index contributed by atoms with van der Waals surface area (Å²) in [7, 11) is 0. The second kappa shape index (κ2) is 13.8. The van der Waals surface area contributed by atoms with E-state index < -0.39 is 23.6 Å². The van der Waals surface area contributed by atoms with Crippen LogP contribution >= 0.6 is 0 Å². The predicted molar refractivity (Wildman–Crippen MR) is 166 cm³/mol. The summed E-state index contributed by atoms with van der Waals surface area (Å²) in [5, 5.41) is 6.78. The molecule has 8 heteroatoms. The van der Waals surface area contributed by atoms with Crippen LogP contribution < -0.4 is 10.7 Å². The molecule has 1 atom stereocenters. The van der Waals surface area contributed by atoms with Crippen LogP contribution in [0.2, 0.25) is 0 Å². The van der Waals surface area contributed by atoms with E-state index in [-0.39, 0.29) is 6.61 Å². The molecule has 42 heavy (non-hydrogen) atoms. The molecule has 4 aromatic rings. The third-order valence-electron chi connectivity index (χ3n) is 6.48. The summed E-state index contributed by atoms with van der Waals surface area (Å²) < 4.78 is 13.2. The molecule has 0 aliphatic rings. The van der Waals surface area contributed by atoms with Crippen molar-refractivity contribution in [3.63, 3.8) is 0 Å². The third-order valence-corrected chi connectivity index (χ3v) is 6.48. The molecule has 0 spiro atoms. The number of rotatable bonds is 10. The maximum absolute atomic E-state index is 13.0. The number of alkyl carbamates (subject to hydrolysis) is 1. The van der Waals surface area contributed by atoms with Crippen LogP contribution in [0.25, 0.3) is 16.8 Å². The fourth-order valence-electron chi connectivity index (χ4n) is 4.49. The van der Waals surface area contributed by atoms with Crippen LogP contribution in [-0.2, 0) is 20.9 Å². The van der Waals surface area contributed by atoms with E-state index in [0.717, 1.165) is 33.8 Å². The van der Waals surface area contributed by atoms with Crippen molar-refractivity contribution in [3.05, 3.63) is 114 Å². The summed E-state index contributed by atoms with van der Waals surface area (Å²) in [5.41, 5.74) is 9.00. The van der Waals surface area contributed by atoms with Gasteiger partial charge in [0.25, 0.3) is 5.91 Å². The quantitative estimate of drug-likeness (QED) is 0.174. The van der Waals surface area contributed by atoms with E-state index in [1.165, 1.54) is 5.56 Å². The zero-order valence-electron chi connectivity index (χ0n) is 24.8. The first-order chi connectivity index (χ1) is 20.1. The molecule has 0 unspecified atom stereocenters. The molecule has 0 saturated carbocycles. The van der Waals surface area contributed by atoms with Gasteiger partial charge in [0, 0.05) is 22.6 Å². The first kappa shape index (κ1) is 30.3. The van der Waals surface area contributed by atoms with Crippen molar-refractivity contribution < 1.29 is 19.1 Å². The number of amides is 2. The van der Waals surface area contributed by atoms with E-state index in [4.69, 9.17) is 9.47 Å². The molecule has 0 aliphatic carbocycles. The van der Waals surface area contributed by atoms with Gasteiger partial charge >= 0.3 is 6.09 Å². The van der Waals surface area contributed by atoms with Gasteiger partial charge in [-0.1, -0.05) is 72.8 Å². The number of hydrogen-bond acceptors (Lipinski definition) is 5. The molecule has 0 aliphatic heterocycles. The first-order valence-electron chi connectivity index (χ1n) is 13.9. The molecule has 8 nitrogen and oxygen atoms in total. The number of hydrogen-bond donors (Lipinski definition) is 2. The molecular formula is C34H38N4O4. The molecule has 0 bridgehead atoms. The molecule has 4 rings (SSSR count). The third kappa shape index (κ3) is 8.41. The van der Waals surface area contributed by atoms with E-state index >= 15 is 0 Å². The van der Waals surface area contributed by atoms with Crippen molar-refractivity contribution >= 4 is 18.2 Å². The summed E-state index contributed by atoms with van der Waals surface area (Å²) in [6.45, 7) is 9.54. The van der Waals surface area contributed by atoms with Crippen molar-refractivity contribution in [2.24, 2.45) is 5.10 Å². The van der Waals surface area contributed by atoms with E-state index in [9.17, 15) is 9.59 Å². The second-order valence-corrected chi connectivity index (χ2v) is 11.0. The molecular weight excluding hydrogens is 528 g/mol. The number of ether oxygens (including phenoxy) is 2. The fourth-order valence-corrected chi connectivity index (χ4v) is 4.49. The van der Waals surface area contributed by atoms with Crippen LogP contribution in [0.1, 0.15) is 43.3 Å². The average molecular weight is 567 g/mol. The van der Waals surface area contributed by atoms with Crippen LogP contribution in [0.15, 0.2) is 96.1 Å². The lowest BCUT2D eigenvalue weighted by Crippen LogP contribution is -2.49. The van der Waals surface area contributed by atoms with Crippen molar-refractivity contribution in [1.82, 2.24) is 15.3 Å². The standard InChI is InChI=1S/C34H38N4O4/c1-24-20-29(25(2)38(24)30-18-16-28(17-19-30)27-14-10-7-11-15-27)21-35-37-32(39)31(36-33(40)42-34(3,4)5)23-41-22-26-12-8-6-9-13-26/h6-21,31H,22-23H2,1-5H3,(H,36,40)(H,37,39)/b35-21-/t31-/m0/s1. The zero-order chi connectivity index (χ0) is 30.1. The van der Waals surface area contributed by atoms with E-state index in [1.54, 1.807) is 27.0 Å². The summed E-state index contributed by atoms with van der Waals surface area (Å²) in [5.74, 6) is -0.518. The van der Waals surface area contributed by atoms with Gasteiger partial charge in [0.2, 0.25) is 0 Å². The Morgan fingerprint density at radius 1 is 0.905 bits per heavy atom. The Morgan fingerprint density at radius 3 is 2.17 bits per heavy atom. The highest BCUT2D eigenvalue weighted by Crippen LogP contribution is 2.24. The van der Waals surface area contributed by atoms with Gasteiger partial charge in [0.05, 0.1) is 19.4 Å². The molecule has 2 N–H and O–H groups in total. The molecule has 0 radical (unpaired) electrons. The lowest BCUT2D eigenvalue weighted by Gasteiger charge is -2.22. The SMILES string of the molecule is Cc1cc(/C=N\NC(=O)[C@H](COCc2ccccc2)NC(=O)OC(C)(C)C)c(C)n1-c1ccc(-c2ccccc2)cc1. The highest BCUT2D eigenvalue weighted by molar-refractivity contribution is 5.88. The predicted octanol–water partition coefficient (Wildman–Crippen LogP) is 6.32. The Hall–Kier alpha value is -4.69. The average Bonchev–Trinajstić information content (AvgIpc) is 3.25. The molecule has 0 saturated heterocycles. The van der Waals surface area contributed by atoms with Crippen LogP contribution in [0.4, 0.5) is 4.79 Å². The van der Waals surface area contributed by atoms with Gasteiger partial charge in [-0.3, -0.25) is 4.79 Å². The van der Waals surface area contributed by atoms with Crippen LogP contribution in [-0.4, -0.2) is 41.0 Å². The van der Waals surface area contributed by atoms with Gasteiger partial charge in [-0.05, 0) is 69.5 Å². The molecule has 0 fully saturated rings. The zero-order valence-corrected chi connectivity index (χ0v) is 24.8. The lowest BCUT2D eigenvalue weighted by atomic mass is 10.1. The smallest absolute Gasteiger partial charge is 0.408 e. The maximum atomic E-state index is 13.0. The van der Waals surface area contributed by atoms with Gasteiger partial charge in [0.15, 0.2) is 0 Å². The number of nitrogens with one attached hydrogen (secondary N) is 2. The number of aryl methyl sites for hydroxylation is 1. The minimum atomic E-state index is -1.00. The van der Waals surface area contributed by atoms with Gasteiger partial charge in [-0.2, -0.15) is 5.10 Å². The number of aromatic nitrogens is 1. The van der Waals surface area contributed by atoms with Crippen LogP contribution in [0.5, 0.6) is 0 Å². The van der Waals surface area contributed by atoms with Gasteiger partial charge in [0.1, 0.15) is 11.6 Å². The number of nitrogens with zero attached hydrogens (tertiary/aromatic N) is 2. The Labute approximate surface area is 247 Å². The van der Waals surface area contributed by atoms with E-state index in [0.29, 0.717) is 6.61 Å². The number of carbonyl (C=O) groups is 2. The minimum Gasteiger partial charge on any atom is -0.444 e. The maximum Gasteiger partial charge on any atom is 0.408 e. The molecule has 2 amide bonds. The molecule has 3 aromatic carbocycles. The van der Waals surface area contributed by atoms with Crippen LogP contribution in [0.3, 0.4) is 0 Å². The van der Waals surface area contributed by atoms with Crippen molar-refractivity contribution in [2.75, 3.05) is 6.61 Å². The summed E-state index contributed by atoms with van der Waals surface area (Å²) >= 11 is 0. The molecule has 218 valence electrons. The molecule has 1 aromatic heterocycles. The normalized spacial score (nSPS) is 12.2. The van der Waals surface area contributed by atoms with Gasteiger partial charge in [-0.15, -0.1) is 0 Å².